The van der Waals surface area contributed by atoms with Gasteiger partial charge in [0.15, 0.2) is 0 Å². The molecule has 0 aliphatic carbocycles. The van der Waals surface area contributed by atoms with E-state index in [0.717, 1.165) is 43.3 Å². The molecular formula is C17H24N4O2. The summed E-state index contributed by atoms with van der Waals surface area (Å²) in [6, 6.07) is 8.27. The van der Waals surface area contributed by atoms with Crippen molar-refractivity contribution in [2.75, 3.05) is 31.6 Å². The molecule has 6 heteroatoms. The fourth-order valence-corrected chi connectivity index (χ4v) is 3.25. The van der Waals surface area contributed by atoms with Gasteiger partial charge in [0.1, 0.15) is 17.1 Å². The summed E-state index contributed by atoms with van der Waals surface area (Å²) in [6.45, 7) is 10.2. The maximum absolute atomic E-state index is 5.36. The number of hydrogen-bond acceptors (Lipinski definition) is 6. The normalized spacial score (nSPS) is 18.2. The molecule has 1 aromatic heterocycles. The standard InChI is InChI=1S/C17H24N4O2/c1-13-16(19-23-18-13)11-20-8-9-21(17(2,3)12-20)14-6-5-7-15(10-14)22-4/h5-7,10H,8-9,11-12H2,1-4H3. The van der Waals surface area contributed by atoms with E-state index in [1.165, 1.54) is 5.69 Å². The van der Waals surface area contributed by atoms with E-state index in [1.807, 2.05) is 19.1 Å². The minimum atomic E-state index is 0.0235. The van der Waals surface area contributed by atoms with Crippen LogP contribution >= 0.6 is 0 Å². The number of aromatic nitrogens is 2. The van der Waals surface area contributed by atoms with Crippen molar-refractivity contribution in [3.05, 3.63) is 35.7 Å². The van der Waals surface area contributed by atoms with E-state index in [1.54, 1.807) is 7.11 Å². The third kappa shape index (κ3) is 3.32. The summed E-state index contributed by atoms with van der Waals surface area (Å²) in [6.07, 6.45) is 0. The van der Waals surface area contributed by atoms with Gasteiger partial charge in [0.2, 0.25) is 0 Å². The number of nitrogens with zero attached hydrogens (tertiary/aromatic N) is 4. The van der Waals surface area contributed by atoms with Gasteiger partial charge in [-0.25, -0.2) is 4.63 Å². The highest BCUT2D eigenvalue weighted by Gasteiger charge is 2.34. The highest BCUT2D eigenvalue weighted by molar-refractivity contribution is 5.53. The molecular weight excluding hydrogens is 292 g/mol. The Morgan fingerprint density at radius 2 is 2.09 bits per heavy atom. The lowest BCUT2D eigenvalue weighted by Gasteiger charge is -2.48. The van der Waals surface area contributed by atoms with Crippen LogP contribution in [-0.4, -0.2) is 47.5 Å². The van der Waals surface area contributed by atoms with Gasteiger partial charge in [-0.2, -0.15) is 0 Å². The Bertz CT molecular complexity index is 668. The Hall–Kier alpha value is -2.08. The number of aryl methyl sites for hydroxylation is 1. The number of anilines is 1. The molecule has 2 heterocycles. The first-order valence-electron chi connectivity index (χ1n) is 7.92. The minimum absolute atomic E-state index is 0.0235. The van der Waals surface area contributed by atoms with Gasteiger partial charge in [0.25, 0.3) is 0 Å². The predicted octanol–water partition coefficient (Wildman–Crippen LogP) is 2.49. The van der Waals surface area contributed by atoms with Crippen LogP contribution in [0.5, 0.6) is 5.75 Å². The summed E-state index contributed by atoms with van der Waals surface area (Å²) in [5.74, 6) is 0.894. The number of rotatable bonds is 4. The van der Waals surface area contributed by atoms with Crippen LogP contribution < -0.4 is 9.64 Å². The van der Waals surface area contributed by atoms with E-state index >= 15 is 0 Å². The van der Waals surface area contributed by atoms with Gasteiger partial charge in [-0.05, 0) is 32.9 Å². The molecule has 1 aromatic carbocycles. The molecule has 3 rings (SSSR count). The summed E-state index contributed by atoms with van der Waals surface area (Å²) in [5.41, 5.74) is 3.03. The second-order valence-electron chi connectivity index (χ2n) is 6.67. The highest BCUT2D eigenvalue weighted by atomic mass is 16.6. The van der Waals surface area contributed by atoms with Gasteiger partial charge >= 0.3 is 0 Å². The zero-order valence-electron chi connectivity index (χ0n) is 14.2. The summed E-state index contributed by atoms with van der Waals surface area (Å²) in [7, 11) is 1.70. The SMILES string of the molecule is COc1cccc(N2CCN(Cc3nonc3C)CC2(C)C)c1. The first-order chi connectivity index (χ1) is 11.0. The molecule has 1 aliphatic rings. The molecule has 0 N–H and O–H groups in total. The van der Waals surface area contributed by atoms with Crippen LogP contribution in [0.2, 0.25) is 0 Å². The van der Waals surface area contributed by atoms with Crippen molar-refractivity contribution in [1.29, 1.82) is 0 Å². The number of piperazine rings is 1. The Morgan fingerprint density at radius 3 is 2.74 bits per heavy atom. The zero-order chi connectivity index (χ0) is 16.4. The summed E-state index contributed by atoms with van der Waals surface area (Å²) in [4.78, 5) is 4.85. The molecule has 0 unspecified atom stereocenters. The number of methoxy groups -OCH3 is 1. The topological polar surface area (TPSA) is 54.6 Å². The van der Waals surface area contributed by atoms with E-state index in [9.17, 15) is 0 Å². The Balaban J connectivity index is 1.73. The van der Waals surface area contributed by atoms with Crippen LogP contribution in [0.4, 0.5) is 5.69 Å². The third-order valence-electron chi connectivity index (χ3n) is 4.47. The summed E-state index contributed by atoms with van der Waals surface area (Å²) in [5, 5.41) is 7.86. The molecule has 0 spiro atoms. The van der Waals surface area contributed by atoms with Crippen molar-refractivity contribution in [3.8, 4) is 5.75 Å². The lowest BCUT2D eigenvalue weighted by Crippen LogP contribution is -2.59. The Morgan fingerprint density at radius 1 is 1.26 bits per heavy atom. The third-order valence-corrected chi connectivity index (χ3v) is 4.47. The van der Waals surface area contributed by atoms with Crippen molar-refractivity contribution in [1.82, 2.24) is 15.2 Å². The van der Waals surface area contributed by atoms with E-state index in [0.29, 0.717) is 0 Å². The smallest absolute Gasteiger partial charge is 0.122 e. The van der Waals surface area contributed by atoms with Gasteiger partial charge in [-0.15, -0.1) is 0 Å². The maximum Gasteiger partial charge on any atom is 0.122 e. The van der Waals surface area contributed by atoms with E-state index < -0.39 is 0 Å². The fraction of sp³-hybridized carbons (Fsp3) is 0.529. The maximum atomic E-state index is 5.36. The number of hydrogen-bond donors (Lipinski definition) is 0. The van der Waals surface area contributed by atoms with Crippen molar-refractivity contribution in [2.24, 2.45) is 0 Å². The summed E-state index contributed by atoms with van der Waals surface area (Å²) >= 11 is 0. The van der Waals surface area contributed by atoms with Crippen LogP contribution in [0.1, 0.15) is 25.2 Å². The molecule has 1 aliphatic heterocycles. The van der Waals surface area contributed by atoms with Gasteiger partial charge in [-0.1, -0.05) is 16.4 Å². The highest BCUT2D eigenvalue weighted by Crippen LogP contribution is 2.30. The van der Waals surface area contributed by atoms with Crippen molar-refractivity contribution >= 4 is 5.69 Å². The number of ether oxygens (including phenoxy) is 1. The molecule has 0 atom stereocenters. The molecule has 0 bridgehead atoms. The average Bonchev–Trinajstić information content (AvgIpc) is 2.91. The second kappa shape index (κ2) is 6.20. The first kappa shape index (κ1) is 15.8. The molecule has 0 amide bonds. The van der Waals surface area contributed by atoms with E-state index in [4.69, 9.17) is 9.37 Å². The van der Waals surface area contributed by atoms with Gasteiger partial charge < -0.3 is 9.64 Å². The van der Waals surface area contributed by atoms with Crippen LogP contribution in [0.3, 0.4) is 0 Å². The molecule has 6 nitrogen and oxygen atoms in total. The van der Waals surface area contributed by atoms with Gasteiger partial charge in [-0.3, -0.25) is 4.90 Å². The van der Waals surface area contributed by atoms with Crippen molar-refractivity contribution < 1.29 is 9.37 Å². The first-order valence-corrected chi connectivity index (χ1v) is 7.92. The zero-order valence-corrected chi connectivity index (χ0v) is 14.2. The van der Waals surface area contributed by atoms with E-state index in [2.05, 4.69) is 46.1 Å². The summed E-state index contributed by atoms with van der Waals surface area (Å²) < 4.78 is 10.2. The molecule has 0 radical (unpaired) electrons. The molecule has 2 aromatic rings. The second-order valence-corrected chi connectivity index (χ2v) is 6.67. The van der Waals surface area contributed by atoms with Crippen molar-refractivity contribution in [2.45, 2.75) is 32.9 Å². The molecule has 1 fully saturated rings. The monoisotopic (exact) mass is 316 g/mol. The van der Waals surface area contributed by atoms with Crippen LogP contribution in [0.15, 0.2) is 28.9 Å². The van der Waals surface area contributed by atoms with Crippen molar-refractivity contribution in [3.63, 3.8) is 0 Å². The largest absolute Gasteiger partial charge is 0.497 e. The quantitative estimate of drug-likeness (QED) is 0.864. The lowest BCUT2D eigenvalue weighted by atomic mass is 9.97. The average molecular weight is 316 g/mol. The number of benzene rings is 1. The van der Waals surface area contributed by atoms with Crippen LogP contribution in [0, 0.1) is 6.92 Å². The van der Waals surface area contributed by atoms with E-state index in [-0.39, 0.29) is 5.54 Å². The molecule has 0 saturated carbocycles. The Labute approximate surface area is 137 Å². The van der Waals surface area contributed by atoms with Crippen LogP contribution in [0.25, 0.3) is 0 Å². The van der Waals surface area contributed by atoms with Crippen LogP contribution in [-0.2, 0) is 6.54 Å². The lowest BCUT2D eigenvalue weighted by molar-refractivity contribution is 0.171. The minimum Gasteiger partial charge on any atom is -0.497 e. The molecule has 23 heavy (non-hydrogen) atoms. The molecule has 124 valence electrons. The van der Waals surface area contributed by atoms with Gasteiger partial charge in [0.05, 0.1) is 7.11 Å². The fourth-order valence-electron chi connectivity index (χ4n) is 3.25. The Kier molecular flexibility index (Phi) is 4.26. The predicted molar refractivity (Wildman–Crippen MR) is 88.7 cm³/mol. The molecule has 1 saturated heterocycles. The van der Waals surface area contributed by atoms with Gasteiger partial charge in [0, 0.05) is 43.5 Å².